The lowest BCUT2D eigenvalue weighted by molar-refractivity contribution is 0.0827. The van der Waals surface area contributed by atoms with Gasteiger partial charge < -0.3 is 14.5 Å². The van der Waals surface area contributed by atoms with Crippen LogP contribution in [0.4, 0.5) is 10.6 Å². The highest BCUT2D eigenvalue weighted by molar-refractivity contribution is 5.96. The average Bonchev–Trinajstić information content (AvgIpc) is 3.35. The summed E-state index contributed by atoms with van der Waals surface area (Å²) in [6.07, 6.45) is 6.10. The van der Waals surface area contributed by atoms with Crippen molar-refractivity contribution in [2.24, 2.45) is 0 Å². The zero-order chi connectivity index (χ0) is 20.3. The summed E-state index contributed by atoms with van der Waals surface area (Å²) < 4.78 is 5.50. The third-order valence-electron chi connectivity index (χ3n) is 5.89. The monoisotopic (exact) mass is 389 g/mol. The number of methoxy groups -OCH3 is 1. The van der Waals surface area contributed by atoms with Crippen LogP contribution in [0.1, 0.15) is 36.0 Å². The van der Waals surface area contributed by atoms with Crippen LogP contribution in [0.15, 0.2) is 18.3 Å². The van der Waals surface area contributed by atoms with Crippen LogP contribution >= 0.6 is 0 Å². The molecule has 8 heteroatoms. The van der Waals surface area contributed by atoms with Crippen LogP contribution in [0.25, 0.3) is 0 Å². The molecule has 1 aromatic heterocycles. The first-order valence-electron chi connectivity index (χ1n) is 9.89. The van der Waals surface area contributed by atoms with Gasteiger partial charge >= 0.3 is 6.03 Å². The van der Waals surface area contributed by atoms with Gasteiger partial charge in [-0.25, -0.2) is 9.78 Å². The maximum Gasteiger partial charge on any atom is 0.323 e. The Hall–Kier alpha value is -2.19. The summed E-state index contributed by atoms with van der Waals surface area (Å²) in [4.78, 5) is 34.9. The third-order valence-corrected chi connectivity index (χ3v) is 5.89. The van der Waals surface area contributed by atoms with Crippen molar-refractivity contribution in [3.63, 3.8) is 0 Å². The second-order valence-corrected chi connectivity index (χ2v) is 7.88. The number of urea groups is 1. The second kappa shape index (κ2) is 8.87. The van der Waals surface area contributed by atoms with E-state index in [1.165, 1.54) is 4.90 Å². The Morgan fingerprint density at radius 2 is 2.04 bits per heavy atom. The number of hydrogen-bond acceptors (Lipinski definition) is 5. The highest BCUT2D eigenvalue weighted by atomic mass is 16.5. The van der Waals surface area contributed by atoms with Crippen molar-refractivity contribution in [3.05, 3.63) is 23.9 Å². The van der Waals surface area contributed by atoms with Crippen LogP contribution < -0.4 is 5.32 Å². The van der Waals surface area contributed by atoms with E-state index < -0.39 is 0 Å². The van der Waals surface area contributed by atoms with Gasteiger partial charge in [0, 0.05) is 65.2 Å². The minimum absolute atomic E-state index is 0.121. The second-order valence-electron chi connectivity index (χ2n) is 7.88. The van der Waals surface area contributed by atoms with Crippen LogP contribution in [0, 0.1) is 0 Å². The first-order valence-corrected chi connectivity index (χ1v) is 9.89. The molecule has 1 aromatic rings. The zero-order valence-corrected chi connectivity index (χ0v) is 17.2. The molecule has 2 aliphatic rings. The minimum atomic E-state index is -0.193. The summed E-state index contributed by atoms with van der Waals surface area (Å²) in [6.45, 7) is 1.95. The van der Waals surface area contributed by atoms with E-state index in [1.54, 1.807) is 44.4 Å². The van der Waals surface area contributed by atoms with E-state index >= 15 is 0 Å². The first kappa shape index (κ1) is 20.5. The Bertz CT molecular complexity index is 711. The maximum atomic E-state index is 12.8. The number of pyridine rings is 1. The standard InChI is InChI=1S/C20H31N5O3/c1-23(2)19(26)14-8-10-21-18(12-14)22-20(27)24(3)16-6-5-7-17(16)25-11-9-15(13-25)28-4/h8,10,12,15-17H,5-7,9,11,13H2,1-4H3,(H,21,22,27)/t15?,16-,17+/m0/s1. The van der Waals surface area contributed by atoms with Crippen molar-refractivity contribution in [2.75, 3.05) is 46.7 Å². The van der Waals surface area contributed by atoms with Gasteiger partial charge in [-0.2, -0.15) is 0 Å². The number of carbonyl (C=O) groups is 2. The van der Waals surface area contributed by atoms with Gasteiger partial charge in [-0.05, 0) is 37.8 Å². The smallest absolute Gasteiger partial charge is 0.323 e. The molecule has 1 aliphatic heterocycles. The number of ether oxygens (including phenoxy) is 1. The van der Waals surface area contributed by atoms with Crippen LogP contribution in [-0.2, 0) is 4.74 Å². The molecule has 2 fully saturated rings. The lowest BCUT2D eigenvalue weighted by Gasteiger charge is -2.35. The Kier molecular flexibility index (Phi) is 6.51. The van der Waals surface area contributed by atoms with Gasteiger partial charge in [-0.15, -0.1) is 0 Å². The Morgan fingerprint density at radius 3 is 2.71 bits per heavy atom. The normalized spacial score (nSPS) is 24.9. The molecular weight excluding hydrogens is 358 g/mol. The molecule has 28 heavy (non-hydrogen) atoms. The fourth-order valence-corrected chi connectivity index (χ4v) is 4.28. The van der Waals surface area contributed by atoms with Gasteiger partial charge in [0.15, 0.2) is 0 Å². The Balaban J connectivity index is 1.64. The number of amides is 3. The topological polar surface area (TPSA) is 78.0 Å². The van der Waals surface area contributed by atoms with Crippen molar-refractivity contribution in [1.82, 2.24) is 19.7 Å². The predicted octanol–water partition coefficient (Wildman–Crippen LogP) is 1.89. The number of carbonyl (C=O) groups excluding carboxylic acids is 2. The molecule has 1 saturated heterocycles. The minimum Gasteiger partial charge on any atom is -0.380 e. The third kappa shape index (κ3) is 4.44. The largest absolute Gasteiger partial charge is 0.380 e. The number of nitrogens with one attached hydrogen (secondary N) is 1. The molecule has 2 heterocycles. The quantitative estimate of drug-likeness (QED) is 0.832. The zero-order valence-electron chi connectivity index (χ0n) is 17.2. The number of aromatic nitrogens is 1. The lowest BCUT2D eigenvalue weighted by atomic mass is 10.1. The van der Waals surface area contributed by atoms with Gasteiger partial charge in [0.05, 0.1) is 6.10 Å². The van der Waals surface area contributed by atoms with E-state index in [0.29, 0.717) is 23.5 Å². The van der Waals surface area contributed by atoms with Gasteiger partial charge in [0.1, 0.15) is 5.82 Å². The summed E-state index contributed by atoms with van der Waals surface area (Å²) in [5, 5.41) is 2.85. The molecule has 0 bridgehead atoms. The molecule has 0 aromatic carbocycles. The van der Waals surface area contributed by atoms with Crippen molar-refractivity contribution >= 4 is 17.8 Å². The van der Waals surface area contributed by atoms with Gasteiger partial charge in [0.25, 0.3) is 5.91 Å². The van der Waals surface area contributed by atoms with E-state index in [0.717, 1.165) is 38.8 Å². The van der Waals surface area contributed by atoms with Crippen LogP contribution in [0.5, 0.6) is 0 Å². The van der Waals surface area contributed by atoms with Crippen LogP contribution in [0.2, 0.25) is 0 Å². The molecule has 3 rings (SSSR count). The molecule has 8 nitrogen and oxygen atoms in total. The first-order chi connectivity index (χ1) is 13.4. The molecule has 154 valence electrons. The number of rotatable bonds is 5. The van der Waals surface area contributed by atoms with Gasteiger partial charge in [0.2, 0.25) is 0 Å². The van der Waals surface area contributed by atoms with E-state index in [4.69, 9.17) is 4.74 Å². The number of nitrogens with zero attached hydrogens (tertiary/aromatic N) is 4. The molecule has 1 saturated carbocycles. The van der Waals surface area contributed by atoms with Crippen molar-refractivity contribution in [2.45, 2.75) is 43.9 Å². The predicted molar refractivity (Wildman–Crippen MR) is 107 cm³/mol. The maximum absolute atomic E-state index is 12.8. The fourth-order valence-electron chi connectivity index (χ4n) is 4.28. The summed E-state index contributed by atoms with van der Waals surface area (Å²) in [5.74, 6) is 0.267. The highest BCUT2D eigenvalue weighted by Gasteiger charge is 2.39. The summed E-state index contributed by atoms with van der Waals surface area (Å²) >= 11 is 0. The molecule has 1 aliphatic carbocycles. The number of anilines is 1. The van der Waals surface area contributed by atoms with Crippen molar-refractivity contribution < 1.29 is 14.3 Å². The number of likely N-dealkylation sites (tertiary alicyclic amines) is 1. The number of likely N-dealkylation sites (N-methyl/N-ethyl adjacent to an activating group) is 1. The molecular formula is C20H31N5O3. The molecule has 0 radical (unpaired) electrons. The molecule has 3 amide bonds. The molecule has 3 atom stereocenters. The molecule has 0 spiro atoms. The lowest BCUT2D eigenvalue weighted by Crippen LogP contribution is -2.50. The van der Waals surface area contributed by atoms with Gasteiger partial charge in [-0.3, -0.25) is 15.0 Å². The highest BCUT2D eigenvalue weighted by Crippen LogP contribution is 2.31. The number of hydrogen-bond donors (Lipinski definition) is 1. The fraction of sp³-hybridized carbons (Fsp3) is 0.650. The van der Waals surface area contributed by atoms with E-state index in [2.05, 4.69) is 15.2 Å². The SMILES string of the molecule is COC1CCN([C@@H]2CCC[C@@H]2N(C)C(=O)Nc2cc(C(=O)N(C)C)ccn2)C1. The Labute approximate surface area is 166 Å². The Morgan fingerprint density at radius 1 is 1.25 bits per heavy atom. The van der Waals surface area contributed by atoms with E-state index in [1.807, 2.05) is 7.05 Å². The summed E-state index contributed by atoms with van der Waals surface area (Å²) in [7, 11) is 7.00. The van der Waals surface area contributed by atoms with E-state index in [9.17, 15) is 9.59 Å². The van der Waals surface area contributed by atoms with Crippen molar-refractivity contribution in [3.8, 4) is 0 Å². The molecule has 1 N–H and O–H groups in total. The van der Waals surface area contributed by atoms with Crippen LogP contribution in [-0.4, -0.2) is 91.2 Å². The van der Waals surface area contributed by atoms with Crippen molar-refractivity contribution in [1.29, 1.82) is 0 Å². The van der Waals surface area contributed by atoms with Crippen LogP contribution in [0.3, 0.4) is 0 Å². The summed E-state index contributed by atoms with van der Waals surface area (Å²) in [6, 6.07) is 3.60. The van der Waals surface area contributed by atoms with E-state index in [-0.39, 0.29) is 18.0 Å². The average molecular weight is 390 g/mol. The van der Waals surface area contributed by atoms with Gasteiger partial charge in [-0.1, -0.05) is 0 Å². The summed E-state index contributed by atoms with van der Waals surface area (Å²) in [5.41, 5.74) is 0.499. The molecule has 1 unspecified atom stereocenters.